The maximum atomic E-state index is 12.6. The minimum atomic E-state index is -0.502. The molecule has 13 heterocycles. The number of aryl methyl sites for hydroxylation is 4. The molecule has 1 N–H and O–H groups in total. The Kier molecular flexibility index (Phi) is 27.7. The number of ketones is 5. The molecule has 1 amide bonds. The van der Waals surface area contributed by atoms with E-state index in [0.29, 0.717) is 82.9 Å². The number of likely N-dealkylation sites (tertiary alicyclic amines) is 1. The van der Waals surface area contributed by atoms with Gasteiger partial charge in [0.15, 0.2) is 25.5 Å². The zero-order valence-corrected chi connectivity index (χ0v) is 61.4. The number of nitrogens with zero attached hydrogens (tertiary/aromatic N) is 17. The number of aromatic nitrogens is 15. The molecule has 0 aliphatic carbocycles. The van der Waals surface area contributed by atoms with Gasteiger partial charge in [0.25, 0.3) is 0 Å². The summed E-state index contributed by atoms with van der Waals surface area (Å²) in [5.74, 6) is 1.02. The highest BCUT2D eigenvalue weighted by atomic mass is 79.9. The fourth-order valence-electron chi connectivity index (χ4n) is 11.5. The monoisotopic (exact) mass is 1490 g/mol. The number of amides is 1. The predicted molar refractivity (Wildman–Crippen MR) is 392 cm³/mol. The molecule has 0 aromatic carbocycles. The third kappa shape index (κ3) is 24.6. The van der Waals surface area contributed by atoms with E-state index < -0.39 is 5.60 Å². The molecule has 0 radical (unpaired) electrons. The number of pyridine rings is 5. The quantitative estimate of drug-likeness (QED) is 0.0549. The normalized spacial score (nSPS) is 15.4. The Bertz CT molecular complexity index is 4420. The Morgan fingerprint density at radius 3 is 1.34 bits per heavy atom. The third-order valence-electron chi connectivity index (χ3n) is 16.7. The molecule has 0 bridgehead atoms. The molecule has 532 valence electrons. The van der Waals surface area contributed by atoms with Gasteiger partial charge in [0, 0.05) is 142 Å². The fourth-order valence-corrected chi connectivity index (χ4v) is 13.4. The molecule has 0 unspecified atom stereocenters. The van der Waals surface area contributed by atoms with Crippen molar-refractivity contribution in [2.45, 2.75) is 141 Å². The van der Waals surface area contributed by atoms with Crippen molar-refractivity contribution in [2.24, 2.45) is 0 Å². The second-order valence-corrected chi connectivity index (χ2v) is 29.5. The number of nitrogens with one attached hydrogen (secondary N) is 1. The molecule has 28 heteroatoms. The lowest BCUT2D eigenvalue weighted by Gasteiger charge is -2.24. The van der Waals surface area contributed by atoms with Crippen molar-refractivity contribution in [3.05, 3.63) is 234 Å². The number of hydrogen-bond acceptors (Lipinski definition) is 26. The smallest absolute Gasteiger partial charge is 0.410 e. The maximum absolute atomic E-state index is 12.6. The molecule has 3 aliphatic rings. The van der Waals surface area contributed by atoms with Crippen molar-refractivity contribution in [2.75, 3.05) is 44.2 Å². The highest BCUT2D eigenvalue weighted by Crippen LogP contribution is 2.33. The lowest BCUT2D eigenvalue weighted by Crippen LogP contribution is -2.35. The molecule has 25 nitrogen and oxygen atoms in total. The summed E-state index contributed by atoms with van der Waals surface area (Å²) in [5.41, 5.74) is 10.7. The Hall–Kier alpha value is -10.0. The number of hydrogen-bond donors (Lipinski definition) is 1. The van der Waals surface area contributed by atoms with Crippen molar-refractivity contribution >= 4 is 78.7 Å². The topological polar surface area (TPSA) is 324 Å². The van der Waals surface area contributed by atoms with Crippen LogP contribution in [0, 0.1) is 13.8 Å². The first-order chi connectivity index (χ1) is 49.8. The molecule has 3 fully saturated rings. The summed E-state index contributed by atoms with van der Waals surface area (Å²) >= 11 is 5.78. The van der Waals surface area contributed by atoms with Gasteiger partial charge in [-0.05, 0) is 197 Å². The first-order valence-electron chi connectivity index (χ1n) is 34.2. The summed E-state index contributed by atoms with van der Waals surface area (Å²) in [6.45, 7) is 14.4. The minimum absolute atomic E-state index is 0.0107. The standard InChI is InChI=1S/C27H27N7O2S.C21H26N4O3.C16H18N4O.C11H10BrN3OS/c1-18-9-12-29-21(14-18)6-8-25(36)26-32-33-27(37-26)34-13-10-19(17-34)24-7-5-22(30-31-24)16-23(35)15-20-4-2-3-11-28-20;1-21(2,3)28-20(27)25-11-9-15(14-25)19-8-7-17(23-24-19)13-18(26)12-16-6-4-5-10-22-16;21-15(9-13-3-1-2-7-18-13)10-14-4-5-16(20-19-14)12-6-8-17-11-12;1-7-4-5-13-8(6-7)2-3-9(16)10-14-15-11(12)17-10/h2-5,7,9,11-12,14,19H,6,8,10,13,15-17H2,1H3;4-8,10,15H,9,11-14H2,1-3H3;1-5,7,12,17H,6,8-11H2;4-6H,2-3H2,1H3/t19-;15-;12-;/m111./s1. The first kappa shape index (κ1) is 75.6. The SMILES string of the molecule is CC(C)(C)OC(=O)N1CC[C@@H](c2ccc(CC(=O)Cc3ccccn3)nn2)C1.Cc1ccnc(CCC(=O)c2nnc(Br)s2)c1.Cc1ccnc(CCC(=O)c2nnc(N3CC[C@@H](c4ccc(CC(=O)Cc5ccccn5)nn4)C3)s2)c1.O=C(Cc1ccccn1)Cc1ccc([C@@H]2CCNC2)nn1. The molecule has 103 heavy (non-hydrogen) atoms. The number of anilines is 1. The lowest BCUT2D eigenvalue weighted by atomic mass is 10.0. The van der Waals surface area contributed by atoms with Gasteiger partial charge in [0.05, 0.1) is 53.4 Å². The Morgan fingerprint density at radius 1 is 0.476 bits per heavy atom. The Morgan fingerprint density at radius 2 is 0.922 bits per heavy atom. The van der Waals surface area contributed by atoms with E-state index in [0.717, 1.165) is 113 Å². The van der Waals surface area contributed by atoms with Crippen LogP contribution in [0.15, 0.2) is 150 Å². The van der Waals surface area contributed by atoms with Crippen molar-refractivity contribution in [3.8, 4) is 0 Å². The van der Waals surface area contributed by atoms with Crippen LogP contribution >= 0.6 is 38.6 Å². The largest absolute Gasteiger partial charge is 0.444 e. The van der Waals surface area contributed by atoms with Gasteiger partial charge < -0.3 is 19.9 Å². The van der Waals surface area contributed by atoms with Crippen LogP contribution in [0.25, 0.3) is 0 Å². The molecule has 10 aromatic rings. The third-order valence-corrected chi connectivity index (χ3v) is 19.2. The van der Waals surface area contributed by atoms with E-state index >= 15 is 0 Å². The van der Waals surface area contributed by atoms with Crippen LogP contribution in [-0.4, -0.2) is 161 Å². The van der Waals surface area contributed by atoms with Gasteiger partial charge in [-0.15, -0.1) is 20.4 Å². The summed E-state index contributed by atoms with van der Waals surface area (Å²) in [7, 11) is 0. The molecule has 3 atom stereocenters. The van der Waals surface area contributed by atoms with Crippen molar-refractivity contribution in [1.29, 1.82) is 0 Å². The molecular weight excluding hydrogens is 1410 g/mol. The number of Topliss-reactive ketones (excluding diaryl/α,β-unsaturated/α-hetero) is 5. The van der Waals surface area contributed by atoms with E-state index in [-0.39, 0.29) is 72.5 Å². The second-order valence-electron chi connectivity index (χ2n) is 26.3. The van der Waals surface area contributed by atoms with Gasteiger partial charge in [0.2, 0.25) is 5.13 Å². The number of rotatable bonds is 24. The number of halogens is 1. The van der Waals surface area contributed by atoms with Crippen LogP contribution in [0.4, 0.5) is 9.93 Å². The van der Waals surface area contributed by atoms with E-state index in [1.807, 2.05) is 150 Å². The van der Waals surface area contributed by atoms with E-state index in [1.54, 1.807) is 35.9 Å². The average molecular weight is 1490 g/mol. The lowest BCUT2D eigenvalue weighted by molar-refractivity contribution is -0.118. The van der Waals surface area contributed by atoms with Crippen LogP contribution in [0.3, 0.4) is 0 Å². The van der Waals surface area contributed by atoms with Crippen LogP contribution in [-0.2, 0) is 70.5 Å². The minimum Gasteiger partial charge on any atom is -0.444 e. The van der Waals surface area contributed by atoms with Gasteiger partial charge >= 0.3 is 6.09 Å². The van der Waals surface area contributed by atoms with Crippen LogP contribution in [0.2, 0.25) is 0 Å². The van der Waals surface area contributed by atoms with Gasteiger partial charge in [-0.1, -0.05) is 40.9 Å². The first-order valence-corrected chi connectivity index (χ1v) is 36.6. The highest BCUT2D eigenvalue weighted by molar-refractivity contribution is 9.11. The van der Waals surface area contributed by atoms with Gasteiger partial charge in [0.1, 0.15) is 23.0 Å². The maximum Gasteiger partial charge on any atom is 0.410 e. The zero-order chi connectivity index (χ0) is 72.5. The van der Waals surface area contributed by atoms with E-state index in [4.69, 9.17) is 4.74 Å². The average Bonchev–Trinajstić information content (AvgIpc) is 1.69. The number of ether oxygens (including phenoxy) is 1. The number of carbonyl (C=O) groups is 6. The summed E-state index contributed by atoms with van der Waals surface area (Å²) in [6.07, 6.45) is 14.9. The van der Waals surface area contributed by atoms with E-state index in [1.165, 1.54) is 22.7 Å². The molecular formula is C75H81BrN18O7S2. The van der Waals surface area contributed by atoms with Gasteiger partial charge in [-0.2, -0.15) is 30.6 Å². The Labute approximate surface area is 614 Å². The molecule has 3 aliphatic heterocycles. The highest BCUT2D eigenvalue weighted by Gasteiger charge is 2.32. The second kappa shape index (κ2) is 37.8. The molecule has 13 rings (SSSR count). The van der Waals surface area contributed by atoms with Crippen molar-refractivity contribution in [3.63, 3.8) is 0 Å². The van der Waals surface area contributed by atoms with Crippen molar-refractivity contribution in [1.82, 2.24) is 86.1 Å². The van der Waals surface area contributed by atoms with Gasteiger partial charge in [-0.25, -0.2) is 4.79 Å². The predicted octanol–water partition coefficient (Wildman–Crippen LogP) is 10.7. The Balaban J connectivity index is 0.000000154. The van der Waals surface area contributed by atoms with E-state index in [2.05, 4.69) is 102 Å². The summed E-state index contributed by atoms with van der Waals surface area (Å²) in [5, 5.41) is 46.6. The molecule has 0 saturated carbocycles. The van der Waals surface area contributed by atoms with Crippen LogP contribution < -0.4 is 10.2 Å². The zero-order valence-electron chi connectivity index (χ0n) is 58.2. The van der Waals surface area contributed by atoms with E-state index in [9.17, 15) is 28.8 Å². The number of carbonyl (C=O) groups excluding carboxylic acids is 6. The molecule has 0 spiro atoms. The fraction of sp³-hybridized carbons (Fsp3) is 0.373. The molecule has 10 aromatic heterocycles. The van der Waals surface area contributed by atoms with Gasteiger partial charge in [-0.3, -0.25) is 48.9 Å². The van der Waals surface area contributed by atoms with Crippen LogP contribution in [0.5, 0.6) is 0 Å². The van der Waals surface area contributed by atoms with Crippen molar-refractivity contribution < 1.29 is 33.5 Å². The summed E-state index contributed by atoms with van der Waals surface area (Å²) in [6, 6.07) is 36.0. The summed E-state index contributed by atoms with van der Waals surface area (Å²) in [4.78, 5) is 98.1. The molecule has 3 saturated heterocycles. The summed E-state index contributed by atoms with van der Waals surface area (Å²) < 4.78 is 6.06. The van der Waals surface area contributed by atoms with Crippen LogP contribution in [0.1, 0.15) is 164 Å².